The van der Waals surface area contributed by atoms with Gasteiger partial charge in [0.25, 0.3) is 0 Å². The molecule has 0 unspecified atom stereocenters. The van der Waals surface area contributed by atoms with Gasteiger partial charge < -0.3 is 4.62 Å². The van der Waals surface area contributed by atoms with E-state index in [4.69, 9.17) is 21.4 Å². The summed E-state index contributed by atoms with van der Waals surface area (Å²) < 4.78 is 16.9. The van der Waals surface area contributed by atoms with Crippen LogP contribution in [0.5, 0.6) is 0 Å². The van der Waals surface area contributed by atoms with E-state index in [1.807, 2.05) is 0 Å². The van der Waals surface area contributed by atoms with Gasteiger partial charge in [-0.05, 0) is 34.1 Å². The fourth-order valence-corrected chi connectivity index (χ4v) is 2.26. The number of benzene rings is 1. The molecule has 0 bridgehead atoms. The van der Waals surface area contributed by atoms with Crippen molar-refractivity contribution in [2.24, 2.45) is 0 Å². The summed E-state index contributed by atoms with van der Waals surface area (Å²) in [6.45, 7) is 0. The van der Waals surface area contributed by atoms with Gasteiger partial charge in [0.1, 0.15) is 0 Å². The molecule has 0 amide bonds. The molecule has 0 aliphatic rings. The van der Waals surface area contributed by atoms with Crippen LogP contribution in [0.25, 0.3) is 10.9 Å². The number of halogens is 2. The normalized spacial score (nSPS) is 12.0. The summed E-state index contributed by atoms with van der Waals surface area (Å²) in [5.41, 5.74) is 0.483. The van der Waals surface area contributed by atoms with Crippen molar-refractivity contribution in [3.63, 3.8) is 0 Å². The standard InChI is InChI=1S/C8H6BrClNO4P/c9-6-1-2-7-5(8(6)10)3-4-11(7)15-16(12,13)14/h1-4H,(H2,12,13,14). The van der Waals surface area contributed by atoms with Crippen molar-refractivity contribution >= 4 is 46.3 Å². The Bertz CT molecular complexity index is 593. The highest BCUT2D eigenvalue weighted by Crippen LogP contribution is 2.35. The van der Waals surface area contributed by atoms with E-state index in [0.717, 1.165) is 4.73 Å². The summed E-state index contributed by atoms with van der Waals surface area (Å²) in [4.78, 5) is 17.4. The van der Waals surface area contributed by atoms with Gasteiger partial charge in [-0.2, -0.15) is 4.73 Å². The van der Waals surface area contributed by atoms with E-state index in [1.54, 1.807) is 18.2 Å². The van der Waals surface area contributed by atoms with E-state index >= 15 is 0 Å². The molecule has 2 N–H and O–H groups in total. The third-order valence-electron chi connectivity index (χ3n) is 1.92. The molecule has 0 saturated carbocycles. The van der Waals surface area contributed by atoms with Crippen molar-refractivity contribution in [3.05, 3.63) is 33.9 Å². The molecule has 2 aromatic rings. The largest absolute Gasteiger partial charge is 0.543 e. The number of rotatable bonds is 2. The average Bonchev–Trinajstić information content (AvgIpc) is 2.53. The first-order valence-corrected chi connectivity index (χ1v) is 6.79. The molecule has 2 rings (SSSR count). The van der Waals surface area contributed by atoms with Crippen LogP contribution < -0.4 is 4.62 Å². The molecule has 1 aromatic carbocycles. The lowest BCUT2D eigenvalue weighted by atomic mass is 10.2. The molecular weight excluding hydrogens is 320 g/mol. The number of phosphoric acid groups is 1. The number of fused-ring (bicyclic) bond motifs is 1. The highest BCUT2D eigenvalue weighted by atomic mass is 79.9. The predicted molar refractivity (Wildman–Crippen MR) is 63.3 cm³/mol. The minimum Gasteiger partial charge on any atom is -0.311 e. The molecule has 1 heterocycles. The molecule has 0 radical (unpaired) electrons. The topological polar surface area (TPSA) is 71.7 Å². The van der Waals surface area contributed by atoms with Crippen molar-refractivity contribution in [2.45, 2.75) is 0 Å². The van der Waals surface area contributed by atoms with Crippen LogP contribution in [0, 0.1) is 0 Å². The van der Waals surface area contributed by atoms with Gasteiger partial charge in [-0.3, -0.25) is 9.79 Å². The molecule has 0 saturated heterocycles. The summed E-state index contributed by atoms with van der Waals surface area (Å²) in [5.74, 6) is 0. The van der Waals surface area contributed by atoms with Gasteiger partial charge >= 0.3 is 7.82 Å². The highest BCUT2D eigenvalue weighted by molar-refractivity contribution is 9.10. The van der Waals surface area contributed by atoms with Gasteiger partial charge in [0.2, 0.25) is 0 Å². The van der Waals surface area contributed by atoms with Gasteiger partial charge in [0.05, 0.1) is 10.5 Å². The third kappa shape index (κ3) is 2.26. The Kier molecular flexibility index (Phi) is 3.03. The second-order valence-electron chi connectivity index (χ2n) is 3.01. The molecule has 0 aliphatic heterocycles. The minimum atomic E-state index is -4.58. The van der Waals surface area contributed by atoms with Gasteiger partial charge in [0.15, 0.2) is 0 Å². The van der Waals surface area contributed by atoms with Crippen LogP contribution in [0.15, 0.2) is 28.9 Å². The first kappa shape index (κ1) is 12.0. The van der Waals surface area contributed by atoms with Crippen LogP contribution in [0.4, 0.5) is 0 Å². The van der Waals surface area contributed by atoms with Crippen molar-refractivity contribution in [1.29, 1.82) is 0 Å². The van der Waals surface area contributed by atoms with Crippen LogP contribution in [-0.2, 0) is 4.57 Å². The first-order chi connectivity index (χ1) is 7.38. The van der Waals surface area contributed by atoms with Crippen LogP contribution in [-0.4, -0.2) is 14.5 Å². The Morgan fingerprint density at radius 1 is 1.38 bits per heavy atom. The second-order valence-corrected chi connectivity index (χ2v) is 5.38. The molecule has 0 fully saturated rings. The predicted octanol–water partition coefficient (Wildman–Crippen LogP) is 2.58. The zero-order chi connectivity index (χ0) is 11.9. The zero-order valence-corrected chi connectivity index (χ0v) is 10.9. The van der Waals surface area contributed by atoms with E-state index in [2.05, 4.69) is 20.6 Å². The summed E-state index contributed by atoms with van der Waals surface area (Å²) in [7, 11) is -4.58. The molecule has 5 nitrogen and oxygen atoms in total. The number of aromatic nitrogens is 1. The Balaban J connectivity index is 2.58. The molecule has 8 heteroatoms. The van der Waals surface area contributed by atoms with E-state index < -0.39 is 7.82 Å². The highest BCUT2D eigenvalue weighted by Gasteiger charge is 2.18. The van der Waals surface area contributed by atoms with Gasteiger partial charge in [0, 0.05) is 16.1 Å². The quantitative estimate of drug-likeness (QED) is 0.832. The molecular formula is C8H6BrClNO4P. The van der Waals surface area contributed by atoms with Crippen molar-refractivity contribution in [1.82, 2.24) is 4.73 Å². The number of hydrogen-bond acceptors (Lipinski definition) is 2. The molecule has 0 spiro atoms. The minimum absolute atomic E-state index is 0.463. The lowest BCUT2D eigenvalue weighted by Crippen LogP contribution is -2.06. The van der Waals surface area contributed by atoms with E-state index in [-0.39, 0.29) is 0 Å². The molecule has 86 valence electrons. The Labute approximate surface area is 104 Å². The molecule has 1 aromatic heterocycles. The Morgan fingerprint density at radius 2 is 2.06 bits per heavy atom. The van der Waals surface area contributed by atoms with Crippen molar-refractivity contribution in [3.8, 4) is 0 Å². The lowest BCUT2D eigenvalue weighted by Gasteiger charge is -2.08. The smallest absolute Gasteiger partial charge is 0.311 e. The summed E-state index contributed by atoms with van der Waals surface area (Å²) in [5, 5.41) is 1.11. The lowest BCUT2D eigenvalue weighted by molar-refractivity contribution is 0.185. The Hall–Kier alpha value is -0.520. The maximum Gasteiger partial charge on any atom is 0.543 e. The molecule has 16 heavy (non-hydrogen) atoms. The number of hydrogen-bond donors (Lipinski definition) is 2. The summed E-state index contributed by atoms with van der Waals surface area (Å²) in [6.07, 6.45) is 1.39. The van der Waals surface area contributed by atoms with Crippen molar-refractivity contribution in [2.75, 3.05) is 0 Å². The Morgan fingerprint density at radius 3 is 2.69 bits per heavy atom. The monoisotopic (exact) mass is 325 g/mol. The first-order valence-electron chi connectivity index (χ1n) is 4.09. The van der Waals surface area contributed by atoms with Crippen LogP contribution in [0.1, 0.15) is 0 Å². The SMILES string of the molecule is O=P(O)(O)On1ccc2c(Cl)c(Br)ccc21. The average molecular weight is 326 g/mol. The maximum atomic E-state index is 10.7. The van der Waals surface area contributed by atoms with E-state index in [9.17, 15) is 4.57 Å². The van der Waals surface area contributed by atoms with Crippen molar-refractivity contribution < 1.29 is 19.0 Å². The summed E-state index contributed by atoms with van der Waals surface area (Å²) in [6, 6.07) is 4.92. The fourth-order valence-electron chi connectivity index (χ4n) is 1.32. The van der Waals surface area contributed by atoms with E-state index in [0.29, 0.717) is 20.4 Å². The summed E-state index contributed by atoms with van der Waals surface area (Å²) >= 11 is 9.25. The molecule has 0 atom stereocenters. The maximum absolute atomic E-state index is 10.7. The third-order valence-corrected chi connectivity index (χ3v) is 3.60. The van der Waals surface area contributed by atoms with Gasteiger partial charge in [-0.25, -0.2) is 4.57 Å². The fraction of sp³-hybridized carbons (Fsp3) is 0. The van der Waals surface area contributed by atoms with Crippen LogP contribution in [0.3, 0.4) is 0 Å². The van der Waals surface area contributed by atoms with Gasteiger partial charge in [-0.15, -0.1) is 0 Å². The second kappa shape index (κ2) is 4.05. The zero-order valence-electron chi connectivity index (χ0n) is 7.67. The van der Waals surface area contributed by atoms with Gasteiger partial charge in [-0.1, -0.05) is 11.6 Å². The number of nitrogens with zero attached hydrogens (tertiary/aromatic N) is 1. The molecule has 0 aliphatic carbocycles. The van der Waals surface area contributed by atoms with E-state index in [1.165, 1.54) is 6.20 Å². The van der Waals surface area contributed by atoms with Crippen LogP contribution in [0.2, 0.25) is 5.02 Å². The van der Waals surface area contributed by atoms with Crippen LogP contribution >= 0.6 is 35.4 Å².